The quantitative estimate of drug-likeness (QED) is 0.782. The number of halogens is 1. The van der Waals surface area contributed by atoms with Crippen LogP contribution in [0.5, 0.6) is 0 Å². The first kappa shape index (κ1) is 18.3. The van der Waals surface area contributed by atoms with Crippen molar-refractivity contribution in [2.75, 3.05) is 27.3 Å². The zero-order valence-corrected chi connectivity index (χ0v) is 14.4. The molecule has 1 aromatic heterocycles. The van der Waals surface area contributed by atoms with Gasteiger partial charge in [-0.15, -0.1) is 11.3 Å². The molecule has 6 heteroatoms. The number of nitrogens with zero attached hydrogens (tertiary/aromatic N) is 1. The number of hydrogen-bond donors (Lipinski definition) is 1. The van der Waals surface area contributed by atoms with Crippen LogP contribution in [-0.2, 0) is 9.53 Å². The number of carbonyl (C=O) groups is 1. The molecule has 0 aliphatic heterocycles. The van der Waals surface area contributed by atoms with Crippen LogP contribution < -0.4 is 0 Å². The van der Waals surface area contributed by atoms with Gasteiger partial charge in [0.2, 0.25) is 5.91 Å². The molecule has 1 unspecified atom stereocenters. The van der Waals surface area contributed by atoms with Gasteiger partial charge in [0.25, 0.3) is 0 Å². The Morgan fingerprint density at radius 1 is 1.38 bits per heavy atom. The van der Waals surface area contributed by atoms with Crippen molar-refractivity contribution in [3.8, 4) is 10.4 Å². The highest BCUT2D eigenvalue weighted by molar-refractivity contribution is 7.16. The molecule has 2 rings (SSSR count). The van der Waals surface area contributed by atoms with Gasteiger partial charge < -0.3 is 14.7 Å². The predicted octanol–water partition coefficient (Wildman–Crippen LogP) is 3.03. The molecule has 0 bridgehead atoms. The largest absolute Gasteiger partial charge is 0.389 e. The number of amides is 1. The van der Waals surface area contributed by atoms with Crippen LogP contribution in [-0.4, -0.2) is 49.3 Å². The third-order valence-corrected chi connectivity index (χ3v) is 4.46. The van der Waals surface area contributed by atoms with Gasteiger partial charge in [0, 0.05) is 42.1 Å². The number of aliphatic hydroxyl groups excluding tert-OH is 1. The molecule has 0 radical (unpaired) electrons. The summed E-state index contributed by atoms with van der Waals surface area (Å²) in [6.07, 6.45) is 2.42. The summed E-state index contributed by atoms with van der Waals surface area (Å²) in [5.41, 5.74) is 0.549. The van der Waals surface area contributed by atoms with Gasteiger partial charge in [0.1, 0.15) is 5.82 Å². The standard InChI is InChI=1S/C18H20FNO3S/c1-20(11-13(21)12-23-2)18(22)10-8-14-7-9-17(24-14)15-5-3-4-6-16(15)19/h3-10,13,21H,11-12H2,1-2H3. The van der Waals surface area contributed by atoms with Gasteiger partial charge in [-0.25, -0.2) is 4.39 Å². The number of hydrogen-bond acceptors (Lipinski definition) is 4. The van der Waals surface area contributed by atoms with E-state index in [9.17, 15) is 14.3 Å². The van der Waals surface area contributed by atoms with Crippen LogP contribution in [0, 0.1) is 5.82 Å². The normalized spacial score (nSPS) is 12.5. The van der Waals surface area contributed by atoms with Crippen molar-refractivity contribution in [1.82, 2.24) is 4.90 Å². The Bertz CT molecular complexity index is 714. The summed E-state index contributed by atoms with van der Waals surface area (Å²) >= 11 is 1.41. The van der Waals surface area contributed by atoms with Gasteiger partial charge in [-0.3, -0.25) is 4.79 Å². The number of rotatable bonds is 7. The van der Waals surface area contributed by atoms with Crippen LogP contribution >= 0.6 is 11.3 Å². The Labute approximate surface area is 144 Å². The summed E-state index contributed by atoms with van der Waals surface area (Å²) in [7, 11) is 3.11. The zero-order valence-electron chi connectivity index (χ0n) is 13.6. The molecule has 0 spiro atoms. The molecule has 24 heavy (non-hydrogen) atoms. The lowest BCUT2D eigenvalue weighted by atomic mass is 10.2. The molecular formula is C18H20FNO3S. The summed E-state index contributed by atoms with van der Waals surface area (Å²) in [4.78, 5) is 15.1. The molecule has 0 aliphatic rings. The van der Waals surface area contributed by atoms with Crippen molar-refractivity contribution in [3.63, 3.8) is 0 Å². The molecule has 0 saturated heterocycles. The van der Waals surface area contributed by atoms with Gasteiger partial charge in [0.15, 0.2) is 0 Å². The van der Waals surface area contributed by atoms with Crippen LogP contribution in [0.1, 0.15) is 4.88 Å². The molecule has 1 heterocycles. The fourth-order valence-corrected chi connectivity index (χ4v) is 3.12. The predicted molar refractivity (Wildman–Crippen MR) is 94.3 cm³/mol. The van der Waals surface area contributed by atoms with Crippen LogP contribution in [0.15, 0.2) is 42.5 Å². The fourth-order valence-electron chi connectivity index (χ4n) is 2.18. The highest BCUT2D eigenvalue weighted by atomic mass is 32.1. The van der Waals surface area contributed by atoms with E-state index in [1.54, 1.807) is 31.3 Å². The van der Waals surface area contributed by atoms with Gasteiger partial charge in [0.05, 0.1) is 12.7 Å². The summed E-state index contributed by atoms with van der Waals surface area (Å²) in [5, 5.41) is 9.63. The second-order valence-corrected chi connectivity index (χ2v) is 6.46. The lowest BCUT2D eigenvalue weighted by molar-refractivity contribution is -0.126. The number of ether oxygens (including phenoxy) is 1. The van der Waals surface area contributed by atoms with Gasteiger partial charge in [-0.2, -0.15) is 0 Å². The number of benzene rings is 1. The van der Waals surface area contributed by atoms with Gasteiger partial charge >= 0.3 is 0 Å². The first-order valence-electron chi connectivity index (χ1n) is 7.46. The molecule has 4 nitrogen and oxygen atoms in total. The first-order chi connectivity index (χ1) is 11.5. The second kappa shape index (κ2) is 8.73. The van der Waals surface area contributed by atoms with E-state index in [4.69, 9.17) is 4.74 Å². The highest BCUT2D eigenvalue weighted by Crippen LogP contribution is 2.30. The SMILES string of the molecule is COCC(O)CN(C)C(=O)C=Cc1ccc(-c2ccccc2F)s1. The van der Waals surface area contributed by atoms with E-state index in [-0.39, 0.29) is 24.9 Å². The van der Waals surface area contributed by atoms with Crippen molar-refractivity contribution in [3.05, 3.63) is 53.2 Å². The van der Waals surface area contributed by atoms with Crippen molar-refractivity contribution in [2.45, 2.75) is 6.10 Å². The Morgan fingerprint density at radius 2 is 2.12 bits per heavy atom. The minimum atomic E-state index is -0.716. The zero-order chi connectivity index (χ0) is 17.5. The summed E-state index contributed by atoms with van der Waals surface area (Å²) in [6.45, 7) is 0.375. The van der Waals surface area contributed by atoms with Gasteiger partial charge in [-0.05, 0) is 24.3 Å². The molecular weight excluding hydrogens is 329 g/mol. The van der Waals surface area contributed by atoms with E-state index in [2.05, 4.69) is 0 Å². The highest BCUT2D eigenvalue weighted by Gasteiger charge is 2.11. The van der Waals surface area contributed by atoms with Crippen molar-refractivity contribution < 1.29 is 19.0 Å². The van der Waals surface area contributed by atoms with Crippen molar-refractivity contribution >= 4 is 23.3 Å². The maximum Gasteiger partial charge on any atom is 0.246 e. The second-order valence-electron chi connectivity index (χ2n) is 5.34. The fraction of sp³-hybridized carbons (Fsp3) is 0.278. The van der Waals surface area contributed by atoms with Gasteiger partial charge in [-0.1, -0.05) is 18.2 Å². The minimum absolute atomic E-state index is 0.179. The summed E-state index contributed by atoms with van der Waals surface area (Å²) < 4.78 is 18.6. The Morgan fingerprint density at radius 3 is 2.83 bits per heavy atom. The van der Waals surface area contributed by atoms with Crippen molar-refractivity contribution in [2.24, 2.45) is 0 Å². The van der Waals surface area contributed by atoms with E-state index < -0.39 is 6.10 Å². The monoisotopic (exact) mass is 349 g/mol. The van der Waals surface area contributed by atoms with E-state index in [0.29, 0.717) is 5.56 Å². The molecule has 1 N–H and O–H groups in total. The van der Waals surface area contributed by atoms with E-state index in [1.165, 1.54) is 35.5 Å². The summed E-state index contributed by atoms with van der Waals surface area (Å²) in [6, 6.07) is 10.3. The maximum absolute atomic E-state index is 13.8. The molecule has 1 aromatic carbocycles. The topological polar surface area (TPSA) is 49.8 Å². The molecule has 1 atom stereocenters. The maximum atomic E-state index is 13.8. The third-order valence-electron chi connectivity index (χ3n) is 3.38. The molecule has 0 saturated carbocycles. The third kappa shape index (κ3) is 4.99. The first-order valence-corrected chi connectivity index (χ1v) is 8.28. The number of thiophene rings is 1. The van der Waals surface area contributed by atoms with E-state index in [0.717, 1.165) is 9.75 Å². The Balaban J connectivity index is 2.00. The van der Waals surface area contributed by atoms with Crippen molar-refractivity contribution in [1.29, 1.82) is 0 Å². The van der Waals surface area contributed by atoms with Crippen LogP contribution in [0.3, 0.4) is 0 Å². The number of methoxy groups -OCH3 is 1. The summed E-state index contributed by atoms with van der Waals surface area (Å²) in [5.74, 6) is -0.483. The minimum Gasteiger partial charge on any atom is -0.389 e. The average molecular weight is 349 g/mol. The lowest BCUT2D eigenvalue weighted by Crippen LogP contribution is -2.35. The average Bonchev–Trinajstić information content (AvgIpc) is 3.01. The molecule has 2 aromatic rings. The Kier molecular flexibility index (Phi) is 6.66. The Hall–Kier alpha value is -2.02. The van der Waals surface area contributed by atoms with Crippen LogP contribution in [0.4, 0.5) is 4.39 Å². The number of likely N-dealkylation sites (N-methyl/N-ethyl adjacent to an activating group) is 1. The van der Waals surface area contributed by atoms with Crippen LogP contribution in [0.2, 0.25) is 0 Å². The molecule has 0 aliphatic carbocycles. The van der Waals surface area contributed by atoms with E-state index >= 15 is 0 Å². The van der Waals surface area contributed by atoms with Crippen LogP contribution in [0.25, 0.3) is 16.5 Å². The number of aliphatic hydroxyl groups is 1. The van der Waals surface area contributed by atoms with E-state index in [1.807, 2.05) is 12.1 Å². The molecule has 128 valence electrons. The lowest BCUT2D eigenvalue weighted by Gasteiger charge is -2.18. The number of carbonyl (C=O) groups excluding carboxylic acids is 1. The molecule has 1 amide bonds. The smallest absolute Gasteiger partial charge is 0.246 e. The molecule has 0 fully saturated rings.